The molecule has 0 spiro atoms. The van der Waals surface area contributed by atoms with Gasteiger partial charge in [-0.05, 0) is 19.1 Å². The molecule has 0 saturated carbocycles. The van der Waals surface area contributed by atoms with Crippen LogP contribution in [0.2, 0.25) is 0 Å². The Morgan fingerprint density at radius 2 is 1.90 bits per heavy atom. The van der Waals surface area contributed by atoms with E-state index in [1.807, 2.05) is 50.4 Å². The summed E-state index contributed by atoms with van der Waals surface area (Å²) in [6.07, 6.45) is 0. The Morgan fingerprint density at radius 1 is 1.14 bits per heavy atom. The lowest BCUT2D eigenvalue weighted by Gasteiger charge is -2.22. The fourth-order valence-electron chi connectivity index (χ4n) is 2.26. The highest BCUT2D eigenvalue weighted by Crippen LogP contribution is 2.27. The molecular formula is C17H22N2O2. The van der Waals surface area contributed by atoms with Gasteiger partial charge in [0.05, 0.1) is 13.7 Å². The average molecular weight is 286 g/mol. The summed E-state index contributed by atoms with van der Waals surface area (Å²) in [5, 5.41) is 0. The molecule has 0 aliphatic heterocycles. The van der Waals surface area contributed by atoms with E-state index in [4.69, 9.17) is 15.2 Å². The maximum absolute atomic E-state index is 5.95. The SMILES string of the molecule is CCOc1cc(N)cc(N(C)Cc2ccccc2OC)c1. The zero-order valence-corrected chi connectivity index (χ0v) is 12.8. The minimum Gasteiger partial charge on any atom is -0.496 e. The number of hydrogen-bond acceptors (Lipinski definition) is 4. The summed E-state index contributed by atoms with van der Waals surface area (Å²) < 4.78 is 10.9. The molecule has 112 valence electrons. The molecule has 2 rings (SSSR count). The van der Waals surface area contributed by atoms with Crippen LogP contribution in [0, 0.1) is 0 Å². The summed E-state index contributed by atoms with van der Waals surface area (Å²) >= 11 is 0. The molecule has 2 aromatic rings. The molecule has 4 nitrogen and oxygen atoms in total. The lowest BCUT2D eigenvalue weighted by atomic mass is 10.1. The van der Waals surface area contributed by atoms with Crippen molar-refractivity contribution in [3.05, 3.63) is 48.0 Å². The zero-order valence-electron chi connectivity index (χ0n) is 12.8. The van der Waals surface area contributed by atoms with Crippen LogP contribution in [-0.2, 0) is 6.54 Å². The normalized spacial score (nSPS) is 10.2. The molecule has 0 aliphatic rings. The molecule has 0 bridgehead atoms. The van der Waals surface area contributed by atoms with E-state index in [1.165, 1.54) is 0 Å². The molecule has 0 heterocycles. The van der Waals surface area contributed by atoms with Gasteiger partial charge < -0.3 is 20.1 Å². The number of nitrogens with zero attached hydrogens (tertiary/aromatic N) is 1. The van der Waals surface area contributed by atoms with Crippen molar-refractivity contribution < 1.29 is 9.47 Å². The first kappa shape index (κ1) is 15.0. The topological polar surface area (TPSA) is 47.7 Å². The monoisotopic (exact) mass is 286 g/mol. The third kappa shape index (κ3) is 3.81. The molecule has 21 heavy (non-hydrogen) atoms. The molecule has 0 radical (unpaired) electrons. The van der Waals surface area contributed by atoms with Gasteiger partial charge in [-0.25, -0.2) is 0 Å². The quantitative estimate of drug-likeness (QED) is 0.828. The average Bonchev–Trinajstić information content (AvgIpc) is 2.47. The van der Waals surface area contributed by atoms with Gasteiger partial charge in [-0.3, -0.25) is 0 Å². The molecule has 2 N–H and O–H groups in total. The number of ether oxygens (including phenoxy) is 2. The number of anilines is 2. The van der Waals surface area contributed by atoms with Gasteiger partial charge in [-0.15, -0.1) is 0 Å². The fourth-order valence-corrected chi connectivity index (χ4v) is 2.26. The summed E-state index contributed by atoms with van der Waals surface area (Å²) in [5.41, 5.74) is 8.79. The third-order valence-electron chi connectivity index (χ3n) is 3.27. The molecule has 0 amide bonds. The van der Waals surface area contributed by atoms with E-state index >= 15 is 0 Å². The molecule has 0 fully saturated rings. The highest BCUT2D eigenvalue weighted by atomic mass is 16.5. The van der Waals surface area contributed by atoms with Gasteiger partial charge in [0, 0.05) is 42.7 Å². The van der Waals surface area contributed by atoms with E-state index in [9.17, 15) is 0 Å². The Balaban J connectivity index is 2.21. The van der Waals surface area contributed by atoms with E-state index in [0.717, 1.165) is 29.3 Å². The van der Waals surface area contributed by atoms with Gasteiger partial charge in [0.2, 0.25) is 0 Å². The Labute approximate surface area is 126 Å². The maximum Gasteiger partial charge on any atom is 0.123 e. The van der Waals surface area contributed by atoms with Gasteiger partial charge >= 0.3 is 0 Å². The van der Waals surface area contributed by atoms with Crippen molar-refractivity contribution in [3.63, 3.8) is 0 Å². The Kier molecular flexibility index (Phi) is 4.93. The second-order valence-corrected chi connectivity index (χ2v) is 4.86. The molecule has 0 atom stereocenters. The van der Waals surface area contributed by atoms with E-state index in [0.29, 0.717) is 12.3 Å². The van der Waals surface area contributed by atoms with Crippen LogP contribution in [0.25, 0.3) is 0 Å². The summed E-state index contributed by atoms with van der Waals surface area (Å²) in [6.45, 7) is 3.32. The van der Waals surface area contributed by atoms with Gasteiger partial charge in [-0.2, -0.15) is 0 Å². The van der Waals surface area contributed by atoms with Crippen LogP contribution < -0.4 is 20.1 Å². The van der Waals surface area contributed by atoms with Crippen molar-refractivity contribution in [2.45, 2.75) is 13.5 Å². The molecule has 0 aliphatic carbocycles. The van der Waals surface area contributed by atoms with Crippen molar-refractivity contribution in [2.24, 2.45) is 0 Å². The first-order chi connectivity index (χ1) is 10.1. The Bertz CT molecular complexity index is 599. The minimum absolute atomic E-state index is 0.624. The molecule has 0 unspecified atom stereocenters. The van der Waals surface area contributed by atoms with Crippen molar-refractivity contribution in [3.8, 4) is 11.5 Å². The van der Waals surface area contributed by atoms with Gasteiger partial charge in [-0.1, -0.05) is 18.2 Å². The van der Waals surface area contributed by atoms with Gasteiger partial charge in [0.15, 0.2) is 0 Å². The standard InChI is InChI=1S/C17H22N2O2/c1-4-21-16-10-14(18)9-15(11-16)19(2)12-13-7-5-6-8-17(13)20-3/h5-11H,4,12,18H2,1-3H3. The number of benzene rings is 2. The number of nitrogen functional groups attached to an aromatic ring is 1. The lowest BCUT2D eigenvalue weighted by Crippen LogP contribution is -2.17. The summed E-state index contributed by atoms with van der Waals surface area (Å²) in [7, 11) is 3.71. The second kappa shape index (κ2) is 6.88. The summed E-state index contributed by atoms with van der Waals surface area (Å²) in [4.78, 5) is 2.12. The number of rotatable bonds is 6. The van der Waals surface area contributed by atoms with E-state index in [1.54, 1.807) is 7.11 Å². The van der Waals surface area contributed by atoms with Crippen molar-refractivity contribution >= 4 is 11.4 Å². The first-order valence-electron chi connectivity index (χ1n) is 7.00. The van der Waals surface area contributed by atoms with Crippen LogP contribution in [0.4, 0.5) is 11.4 Å². The lowest BCUT2D eigenvalue weighted by molar-refractivity contribution is 0.340. The zero-order chi connectivity index (χ0) is 15.2. The number of nitrogens with two attached hydrogens (primary N) is 1. The smallest absolute Gasteiger partial charge is 0.123 e. The summed E-state index contributed by atoms with van der Waals surface area (Å²) in [5.74, 6) is 1.68. The van der Waals surface area contributed by atoms with Gasteiger partial charge in [0.1, 0.15) is 11.5 Å². The largest absolute Gasteiger partial charge is 0.496 e. The predicted molar refractivity (Wildman–Crippen MR) is 87.1 cm³/mol. The predicted octanol–water partition coefficient (Wildman–Crippen LogP) is 3.31. The van der Waals surface area contributed by atoms with Gasteiger partial charge in [0.25, 0.3) is 0 Å². The van der Waals surface area contributed by atoms with E-state index < -0.39 is 0 Å². The number of para-hydroxylation sites is 1. The van der Waals surface area contributed by atoms with Crippen molar-refractivity contribution in [1.82, 2.24) is 0 Å². The van der Waals surface area contributed by atoms with E-state index in [-0.39, 0.29) is 0 Å². The Morgan fingerprint density at radius 3 is 2.62 bits per heavy atom. The molecule has 0 aromatic heterocycles. The number of methoxy groups -OCH3 is 1. The van der Waals surface area contributed by atoms with Crippen LogP contribution in [0.15, 0.2) is 42.5 Å². The van der Waals surface area contributed by atoms with E-state index in [2.05, 4.69) is 11.0 Å². The summed E-state index contributed by atoms with van der Waals surface area (Å²) in [6, 6.07) is 13.8. The molecule has 4 heteroatoms. The fraction of sp³-hybridized carbons (Fsp3) is 0.294. The van der Waals surface area contributed by atoms with Crippen molar-refractivity contribution in [1.29, 1.82) is 0 Å². The molecule has 0 saturated heterocycles. The Hall–Kier alpha value is -2.36. The van der Waals surface area contributed by atoms with Crippen LogP contribution >= 0.6 is 0 Å². The second-order valence-electron chi connectivity index (χ2n) is 4.86. The highest BCUT2D eigenvalue weighted by molar-refractivity contribution is 5.60. The molecule has 2 aromatic carbocycles. The minimum atomic E-state index is 0.624. The first-order valence-corrected chi connectivity index (χ1v) is 7.00. The third-order valence-corrected chi connectivity index (χ3v) is 3.27. The number of hydrogen-bond donors (Lipinski definition) is 1. The van der Waals surface area contributed by atoms with Crippen LogP contribution in [0.5, 0.6) is 11.5 Å². The molecular weight excluding hydrogens is 264 g/mol. The van der Waals surface area contributed by atoms with Crippen LogP contribution in [0.3, 0.4) is 0 Å². The highest BCUT2D eigenvalue weighted by Gasteiger charge is 2.08. The van der Waals surface area contributed by atoms with Crippen LogP contribution in [-0.4, -0.2) is 20.8 Å². The van der Waals surface area contributed by atoms with Crippen molar-refractivity contribution in [2.75, 3.05) is 31.4 Å². The van der Waals surface area contributed by atoms with Crippen LogP contribution in [0.1, 0.15) is 12.5 Å². The maximum atomic E-state index is 5.95.